The summed E-state index contributed by atoms with van der Waals surface area (Å²) >= 11 is 11.2. The molecule has 13 heavy (non-hydrogen) atoms. The van der Waals surface area contributed by atoms with Crippen molar-refractivity contribution in [3.63, 3.8) is 0 Å². The van der Waals surface area contributed by atoms with Crippen molar-refractivity contribution >= 4 is 35.0 Å². The molecule has 70 valence electrons. The van der Waals surface area contributed by atoms with Gasteiger partial charge in [0.05, 0.1) is 10.7 Å². The van der Waals surface area contributed by atoms with Crippen LogP contribution < -0.4 is 5.32 Å². The van der Waals surface area contributed by atoms with E-state index in [0.717, 1.165) is 0 Å². The van der Waals surface area contributed by atoms with Crippen molar-refractivity contribution in [2.24, 2.45) is 0 Å². The quantitative estimate of drug-likeness (QED) is 0.639. The van der Waals surface area contributed by atoms with Crippen LogP contribution in [0.5, 0.6) is 5.75 Å². The van der Waals surface area contributed by atoms with Gasteiger partial charge in [0.1, 0.15) is 10.8 Å². The van der Waals surface area contributed by atoms with E-state index >= 15 is 0 Å². The van der Waals surface area contributed by atoms with Crippen LogP contribution in [-0.4, -0.2) is 16.3 Å². The van der Waals surface area contributed by atoms with Crippen LogP contribution >= 0.6 is 23.2 Å². The lowest BCUT2D eigenvalue weighted by molar-refractivity contribution is 0.209. The van der Waals surface area contributed by atoms with Crippen molar-refractivity contribution in [1.29, 1.82) is 0 Å². The van der Waals surface area contributed by atoms with E-state index in [1.165, 1.54) is 12.1 Å². The Morgan fingerprint density at radius 1 is 1.31 bits per heavy atom. The summed E-state index contributed by atoms with van der Waals surface area (Å²) in [5.41, 5.74) is 0.136. The van der Waals surface area contributed by atoms with E-state index in [1.54, 1.807) is 0 Å². The minimum absolute atomic E-state index is 0.0240. The lowest BCUT2D eigenvalue weighted by Gasteiger charge is -2.05. The zero-order chi connectivity index (χ0) is 10.0. The number of phenolic OH excluding ortho intramolecular Hbond substituents is 1. The number of benzene rings is 1. The molecule has 0 bridgehead atoms. The SMILES string of the molecule is O=C(O)Nc1ccc(O)c(Cl)c1Cl. The molecular weight excluding hydrogens is 217 g/mol. The third-order valence-electron chi connectivity index (χ3n) is 1.30. The lowest BCUT2D eigenvalue weighted by atomic mass is 10.3. The molecule has 1 rings (SSSR count). The molecule has 6 heteroatoms. The predicted octanol–water partition coefficient (Wildman–Crippen LogP) is 2.79. The van der Waals surface area contributed by atoms with E-state index in [0.29, 0.717) is 0 Å². The molecule has 1 aromatic rings. The van der Waals surface area contributed by atoms with Crippen LogP contribution in [0.4, 0.5) is 10.5 Å². The van der Waals surface area contributed by atoms with E-state index in [-0.39, 0.29) is 21.5 Å². The summed E-state index contributed by atoms with van der Waals surface area (Å²) < 4.78 is 0. The van der Waals surface area contributed by atoms with Crippen LogP contribution in [0.25, 0.3) is 0 Å². The number of nitrogens with one attached hydrogen (secondary N) is 1. The van der Waals surface area contributed by atoms with Gasteiger partial charge in [-0.2, -0.15) is 0 Å². The smallest absolute Gasteiger partial charge is 0.409 e. The van der Waals surface area contributed by atoms with Crippen LogP contribution in [0.3, 0.4) is 0 Å². The van der Waals surface area contributed by atoms with Gasteiger partial charge >= 0.3 is 6.09 Å². The number of hydrogen-bond acceptors (Lipinski definition) is 2. The topological polar surface area (TPSA) is 69.6 Å². The van der Waals surface area contributed by atoms with Crippen molar-refractivity contribution in [1.82, 2.24) is 0 Å². The minimum Gasteiger partial charge on any atom is -0.506 e. The maximum Gasteiger partial charge on any atom is 0.409 e. The summed E-state index contributed by atoms with van der Waals surface area (Å²) in [6, 6.07) is 2.57. The van der Waals surface area contributed by atoms with Crippen molar-refractivity contribution < 1.29 is 15.0 Å². The molecule has 0 aliphatic rings. The zero-order valence-corrected chi connectivity index (χ0v) is 7.73. The highest BCUT2D eigenvalue weighted by Crippen LogP contribution is 2.36. The maximum atomic E-state index is 10.2. The number of rotatable bonds is 1. The van der Waals surface area contributed by atoms with Gasteiger partial charge in [-0.3, -0.25) is 5.32 Å². The Hall–Kier alpha value is -1.13. The van der Waals surface area contributed by atoms with Crippen molar-refractivity contribution in [3.05, 3.63) is 22.2 Å². The van der Waals surface area contributed by atoms with E-state index in [9.17, 15) is 4.79 Å². The Kier molecular flexibility index (Phi) is 2.85. The van der Waals surface area contributed by atoms with Gasteiger partial charge in [0.2, 0.25) is 0 Å². The fourth-order valence-corrected chi connectivity index (χ4v) is 1.12. The normalized spacial score (nSPS) is 9.69. The van der Waals surface area contributed by atoms with E-state index in [1.807, 2.05) is 5.32 Å². The van der Waals surface area contributed by atoms with E-state index in [2.05, 4.69) is 0 Å². The fraction of sp³-hybridized carbons (Fsp3) is 0. The molecule has 0 saturated carbocycles. The van der Waals surface area contributed by atoms with E-state index < -0.39 is 6.09 Å². The van der Waals surface area contributed by atoms with Gasteiger partial charge in [0, 0.05) is 0 Å². The van der Waals surface area contributed by atoms with Gasteiger partial charge < -0.3 is 10.2 Å². The second-order valence-corrected chi connectivity index (χ2v) is 2.95. The van der Waals surface area contributed by atoms with Crippen LogP contribution in [0.2, 0.25) is 10.0 Å². The summed E-state index contributed by atoms with van der Waals surface area (Å²) in [7, 11) is 0. The molecule has 0 spiro atoms. The van der Waals surface area contributed by atoms with Gasteiger partial charge in [-0.1, -0.05) is 23.2 Å². The van der Waals surface area contributed by atoms with Gasteiger partial charge in [-0.05, 0) is 12.1 Å². The Bertz CT molecular complexity index is 354. The van der Waals surface area contributed by atoms with Gasteiger partial charge in [-0.25, -0.2) is 4.79 Å². The molecule has 0 fully saturated rings. The Morgan fingerprint density at radius 2 is 1.92 bits per heavy atom. The fourth-order valence-electron chi connectivity index (χ4n) is 0.751. The van der Waals surface area contributed by atoms with Crippen LogP contribution in [0.1, 0.15) is 0 Å². The molecule has 1 aromatic carbocycles. The third kappa shape index (κ3) is 2.17. The van der Waals surface area contributed by atoms with Crippen molar-refractivity contribution in [3.8, 4) is 5.75 Å². The zero-order valence-electron chi connectivity index (χ0n) is 6.21. The summed E-state index contributed by atoms with van der Waals surface area (Å²) in [6.07, 6.45) is -1.25. The first-order valence-electron chi connectivity index (χ1n) is 3.19. The third-order valence-corrected chi connectivity index (χ3v) is 2.18. The Labute approximate surface area is 83.7 Å². The maximum absolute atomic E-state index is 10.2. The molecule has 1 amide bonds. The average molecular weight is 222 g/mol. The minimum atomic E-state index is -1.25. The average Bonchev–Trinajstić information content (AvgIpc) is 2.06. The lowest BCUT2D eigenvalue weighted by Crippen LogP contribution is -2.07. The number of hydrogen-bond donors (Lipinski definition) is 3. The summed E-state index contributed by atoms with van der Waals surface area (Å²) in [4.78, 5) is 10.2. The van der Waals surface area contributed by atoms with Gasteiger partial charge in [-0.15, -0.1) is 0 Å². The molecule has 0 radical (unpaired) electrons. The number of anilines is 1. The molecule has 0 aromatic heterocycles. The Balaban J connectivity index is 3.10. The van der Waals surface area contributed by atoms with E-state index in [4.69, 9.17) is 33.4 Å². The first-order chi connectivity index (χ1) is 6.02. The number of amides is 1. The number of carboxylic acid groups (broad SMARTS) is 1. The molecule has 0 aliphatic carbocycles. The molecule has 0 saturated heterocycles. The number of halogens is 2. The van der Waals surface area contributed by atoms with Gasteiger partial charge in [0.25, 0.3) is 0 Å². The molecule has 0 unspecified atom stereocenters. The second-order valence-electron chi connectivity index (χ2n) is 2.19. The highest BCUT2D eigenvalue weighted by atomic mass is 35.5. The number of aromatic hydroxyl groups is 1. The first-order valence-corrected chi connectivity index (χ1v) is 3.95. The van der Waals surface area contributed by atoms with Crippen molar-refractivity contribution in [2.75, 3.05) is 5.32 Å². The molecule has 0 atom stereocenters. The monoisotopic (exact) mass is 221 g/mol. The van der Waals surface area contributed by atoms with Crippen LogP contribution in [0.15, 0.2) is 12.1 Å². The number of phenols is 1. The predicted molar refractivity (Wildman–Crippen MR) is 49.8 cm³/mol. The summed E-state index contributed by atoms with van der Waals surface area (Å²) in [5, 5.41) is 19.4. The van der Waals surface area contributed by atoms with Gasteiger partial charge in [0.15, 0.2) is 0 Å². The second kappa shape index (κ2) is 3.72. The largest absolute Gasteiger partial charge is 0.506 e. The molecule has 3 N–H and O–H groups in total. The van der Waals surface area contributed by atoms with Crippen molar-refractivity contribution in [2.45, 2.75) is 0 Å². The number of carbonyl (C=O) groups is 1. The van der Waals surface area contributed by atoms with Crippen LogP contribution in [0, 0.1) is 0 Å². The standard InChI is InChI=1S/C7H5Cl2NO3/c8-5-3(10-7(12)13)1-2-4(11)6(5)9/h1-2,10-11H,(H,12,13). The van der Waals surface area contributed by atoms with Crippen LogP contribution in [-0.2, 0) is 0 Å². The summed E-state index contributed by atoms with van der Waals surface area (Å²) in [5.74, 6) is -0.192. The molecule has 4 nitrogen and oxygen atoms in total. The highest BCUT2D eigenvalue weighted by Gasteiger charge is 2.10. The first kappa shape index (κ1) is 9.95. The Morgan fingerprint density at radius 3 is 2.46 bits per heavy atom. The highest BCUT2D eigenvalue weighted by molar-refractivity contribution is 6.44. The summed E-state index contributed by atoms with van der Waals surface area (Å²) in [6.45, 7) is 0. The molecule has 0 heterocycles. The molecular formula is C7H5Cl2NO3. The molecule has 0 aliphatic heterocycles.